The van der Waals surface area contributed by atoms with E-state index in [9.17, 15) is 22.0 Å². The largest absolute Gasteiger partial charge is 0.435 e. The normalized spacial score (nSPS) is 11.6. The van der Waals surface area contributed by atoms with Gasteiger partial charge < -0.3 is 5.32 Å². The van der Waals surface area contributed by atoms with E-state index in [2.05, 4.69) is 22.0 Å². The Hall–Kier alpha value is -2.75. The number of anilines is 1. The van der Waals surface area contributed by atoms with Crippen molar-refractivity contribution in [1.82, 2.24) is 14.8 Å². The van der Waals surface area contributed by atoms with E-state index >= 15 is 0 Å². The number of alkyl halides is 3. The van der Waals surface area contributed by atoms with Gasteiger partial charge in [-0.25, -0.2) is 8.78 Å². The van der Waals surface area contributed by atoms with Crippen molar-refractivity contribution in [2.75, 3.05) is 5.32 Å². The number of hydrogen-bond donors (Lipinski definition) is 1. The van der Waals surface area contributed by atoms with Crippen LogP contribution in [0.3, 0.4) is 0 Å². The molecule has 0 spiro atoms. The standard InChI is InChI=1S/C16H11F5N4S/c1-8(15-9(17)6-22-7-10(15)18)23-14-4-3-12(26-14)11-5-13(16(19,20)21)24-25(11)2/h3-7,23H,1H2,2H3. The number of nitrogens with one attached hydrogen (secondary N) is 1. The first-order chi connectivity index (χ1) is 12.2. The summed E-state index contributed by atoms with van der Waals surface area (Å²) >= 11 is 1.10. The number of nitrogens with zero attached hydrogens (tertiary/aromatic N) is 3. The van der Waals surface area contributed by atoms with Crippen LogP contribution in [0, 0.1) is 11.6 Å². The predicted octanol–water partition coefficient (Wildman–Crippen LogP) is 4.92. The SMILES string of the molecule is C=C(Nc1ccc(-c2cc(C(F)(F)F)nn2C)s1)c1c(F)cncc1F. The average Bonchev–Trinajstić information content (AvgIpc) is 3.13. The van der Waals surface area contributed by atoms with Crippen LogP contribution in [0.2, 0.25) is 0 Å². The molecular weight excluding hydrogens is 375 g/mol. The summed E-state index contributed by atoms with van der Waals surface area (Å²) in [6.07, 6.45) is -2.82. The molecule has 0 bridgehead atoms. The van der Waals surface area contributed by atoms with E-state index in [1.54, 1.807) is 12.1 Å². The molecule has 10 heteroatoms. The second-order valence-electron chi connectivity index (χ2n) is 5.28. The summed E-state index contributed by atoms with van der Waals surface area (Å²) < 4.78 is 66.9. The molecule has 0 aliphatic rings. The third kappa shape index (κ3) is 3.45. The fraction of sp³-hybridized carbons (Fsp3) is 0.125. The number of halogens is 5. The lowest BCUT2D eigenvalue weighted by Gasteiger charge is -2.09. The molecule has 3 rings (SSSR count). The van der Waals surface area contributed by atoms with Crippen LogP contribution in [-0.4, -0.2) is 14.8 Å². The number of hydrogen-bond acceptors (Lipinski definition) is 4. The molecule has 3 heterocycles. The maximum Gasteiger partial charge on any atom is 0.435 e. The lowest BCUT2D eigenvalue weighted by atomic mass is 10.2. The van der Waals surface area contributed by atoms with Crippen LogP contribution in [0.4, 0.5) is 27.0 Å². The summed E-state index contributed by atoms with van der Waals surface area (Å²) in [5.74, 6) is -1.75. The molecule has 0 fully saturated rings. The maximum atomic E-state index is 13.7. The van der Waals surface area contributed by atoms with Crippen LogP contribution in [0.15, 0.2) is 37.2 Å². The molecule has 0 aromatic carbocycles. The maximum absolute atomic E-state index is 13.7. The Morgan fingerprint density at radius 1 is 1.19 bits per heavy atom. The molecular formula is C16H11F5N4S. The van der Waals surface area contributed by atoms with E-state index in [0.29, 0.717) is 9.88 Å². The summed E-state index contributed by atoms with van der Waals surface area (Å²) in [6.45, 7) is 3.60. The Morgan fingerprint density at radius 2 is 1.85 bits per heavy atom. The molecule has 26 heavy (non-hydrogen) atoms. The molecule has 136 valence electrons. The van der Waals surface area contributed by atoms with Crippen molar-refractivity contribution in [3.63, 3.8) is 0 Å². The van der Waals surface area contributed by atoms with Crippen LogP contribution >= 0.6 is 11.3 Å². The lowest BCUT2D eigenvalue weighted by molar-refractivity contribution is -0.141. The zero-order valence-electron chi connectivity index (χ0n) is 13.2. The van der Waals surface area contributed by atoms with E-state index in [0.717, 1.165) is 34.5 Å². The van der Waals surface area contributed by atoms with Gasteiger partial charge in [-0.05, 0) is 18.2 Å². The van der Waals surface area contributed by atoms with Gasteiger partial charge in [-0.1, -0.05) is 6.58 Å². The van der Waals surface area contributed by atoms with Crippen molar-refractivity contribution < 1.29 is 22.0 Å². The van der Waals surface area contributed by atoms with Crippen LogP contribution in [-0.2, 0) is 13.2 Å². The van der Waals surface area contributed by atoms with E-state index in [4.69, 9.17) is 0 Å². The Balaban J connectivity index is 1.85. The topological polar surface area (TPSA) is 42.7 Å². The van der Waals surface area contributed by atoms with Gasteiger partial charge in [0, 0.05) is 12.7 Å². The fourth-order valence-electron chi connectivity index (χ4n) is 2.29. The first-order valence-electron chi connectivity index (χ1n) is 7.13. The summed E-state index contributed by atoms with van der Waals surface area (Å²) in [7, 11) is 1.40. The lowest BCUT2D eigenvalue weighted by Crippen LogP contribution is -2.06. The van der Waals surface area contributed by atoms with Crippen molar-refractivity contribution in [2.24, 2.45) is 7.05 Å². The van der Waals surface area contributed by atoms with E-state index in [-0.39, 0.29) is 17.0 Å². The van der Waals surface area contributed by atoms with Crippen LogP contribution in [0.25, 0.3) is 16.3 Å². The Labute approximate surface area is 148 Å². The minimum atomic E-state index is -4.54. The van der Waals surface area contributed by atoms with Gasteiger partial charge in [0.1, 0.15) is 0 Å². The molecule has 3 aromatic rings. The third-order valence-electron chi connectivity index (χ3n) is 3.46. The molecule has 0 aliphatic heterocycles. The van der Waals surface area contributed by atoms with Crippen molar-refractivity contribution in [3.05, 3.63) is 60.1 Å². The highest BCUT2D eigenvalue weighted by molar-refractivity contribution is 7.19. The van der Waals surface area contributed by atoms with E-state index in [1.165, 1.54) is 7.05 Å². The predicted molar refractivity (Wildman–Crippen MR) is 88.3 cm³/mol. The smallest absolute Gasteiger partial charge is 0.347 e. The number of rotatable bonds is 4. The summed E-state index contributed by atoms with van der Waals surface area (Å²) in [5, 5.41) is 6.66. The van der Waals surface area contributed by atoms with Gasteiger partial charge in [0.05, 0.1) is 33.5 Å². The Kier molecular flexibility index (Phi) is 4.53. The summed E-state index contributed by atoms with van der Waals surface area (Å²) in [4.78, 5) is 3.89. The summed E-state index contributed by atoms with van der Waals surface area (Å²) in [5.41, 5.74) is -1.11. The highest BCUT2D eigenvalue weighted by atomic mass is 32.1. The van der Waals surface area contributed by atoms with Crippen LogP contribution in [0.5, 0.6) is 0 Å². The monoisotopic (exact) mass is 386 g/mol. The molecule has 3 aromatic heterocycles. The first-order valence-corrected chi connectivity index (χ1v) is 7.95. The second kappa shape index (κ2) is 6.52. The fourth-order valence-corrected chi connectivity index (χ4v) is 3.27. The Morgan fingerprint density at radius 3 is 2.42 bits per heavy atom. The van der Waals surface area contributed by atoms with Crippen molar-refractivity contribution >= 4 is 22.0 Å². The molecule has 0 atom stereocenters. The molecule has 0 radical (unpaired) electrons. The molecule has 0 aliphatic carbocycles. The minimum Gasteiger partial charge on any atom is -0.347 e. The second-order valence-corrected chi connectivity index (χ2v) is 6.37. The quantitative estimate of drug-likeness (QED) is 0.647. The number of pyridine rings is 1. The van der Waals surface area contributed by atoms with Gasteiger partial charge in [0.2, 0.25) is 0 Å². The highest BCUT2D eigenvalue weighted by Gasteiger charge is 2.34. The van der Waals surface area contributed by atoms with Gasteiger partial charge >= 0.3 is 6.18 Å². The first kappa shape index (κ1) is 18.1. The third-order valence-corrected chi connectivity index (χ3v) is 4.48. The van der Waals surface area contributed by atoms with Gasteiger partial charge in [-0.3, -0.25) is 9.67 Å². The van der Waals surface area contributed by atoms with E-state index < -0.39 is 23.5 Å². The Bertz CT molecular complexity index is 953. The van der Waals surface area contributed by atoms with Crippen molar-refractivity contribution in [1.29, 1.82) is 0 Å². The summed E-state index contributed by atoms with van der Waals surface area (Å²) in [6, 6.07) is 4.09. The van der Waals surface area contributed by atoms with Gasteiger partial charge in [0.15, 0.2) is 17.3 Å². The number of aryl methyl sites for hydroxylation is 1. The highest BCUT2D eigenvalue weighted by Crippen LogP contribution is 2.36. The molecule has 0 amide bonds. The molecule has 0 saturated carbocycles. The zero-order chi connectivity index (χ0) is 19.1. The minimum absolute atomic E-state index is 0.0308. The molecule has 0 unspecified atom stereocenters. The van der Waals surface area contributed by atoms with Crippen LogP contribution in [0.1, 0.15) is 11.3 Å². The zero-order valence-corrected chi connectivity index (χ0v) is 14.1. The van der Waals surface area contributed by atoms with Gasteiger partial charge in [0.25, 0.3) is 0 Å². The van der Waals surface area contributed by atoms with Crippen molar-refractivity contribution in [2.45, 2.75) is 6.18 Å². The van der Waals surface area contributed by atoms with E-state index in [1.807, 2.05) is 0 Å². The van der Waals surface area contributed by atoms with Gasteiger partial charge in [-0.15, -0.1) is 11.3 Å². The molecule has 0 saturated heterocycles. The average molecular weight is 386 g/mol. The number of aromatic nitrogens is 3. The van der Waals surface area contributed by atoms with Crippen LogP contribution < -0.4 is 5.32 Å². The molecule has 1 N–H and O–H groups in total. The molecule has 4 nitrogen and oxygen atoms in total. The number of thiophene rings is 1. The van der Waals surface area contributed by atoms with Crippen molar-refractivity contribution in [3.8, 4) is 10.6 Å². The van der Waals surface area contributed by atoms with Gasteiger partial charge in [-0.2, -0.15) is 18.3 Å².